The first-order valence-electron chi connectivity index (χ1n) is 11.1. The summed E-state index contributed by atoms with van der Waals surface area (Å²) in [5.74, 6) is 1.07. The summed E-state index contributed by atoms with van der Waals surface area (Å²) in [6.07, 6.45) is 7.41. The van der Waals surface area contributed by atoms with Gasteiger partial charge in [-0.2, -0.15) is 0 Å². The van der Waals surface area contributed by atoms with Crippen LogP contribution in [0.1, 0.15) is 74.1 Å². The molecule has 0 spiro atoms. The lowest BCUT2D eigenvalue weighted by atomic mass is 9.68. The SMILES string of the molecule is CCCCOc1c(C)cc(NC(=O)C2(c3cccc(C)c3)CCCCC2)cc1C. The molecule has 0 bridgehead atoms. The fourth-order valence-corrected chi connectivity index (χ4v) is 4.56. The van der Waals surface area contributed by atoms with Crippen molar-refractivity contribution >= 4 is 11.6 Å². The predicted octanol–water partition coefficient (Wildman–Crippen LogP) is 6.63. The average Bonchev–Trinajstić information content (AvgIpc) is 2.70. The molecule has 2 aromatic rings. The minimum Gasteiger partial charge on any atom is -0.493 e. The fraction of sp³-hybridized carbons (Fsp3) is 0.500. The molecule has 1 amide bonds. The number of carbonyl (C=O) groups excluding carboxylic acids is 1. The molecule has 1 aliphatic rings. The van der Waals surface area contributed by atoms with Crippen molar-refractivity contribution in [3.63, 3.8) is 0 Å². The van der Waals surface area contributed by atoms with Crippen LogP contribution in [0.3, 0.4) is 0 Å². The summed E-state index contributed by atoms with van der Waals surface area (Å²) in [5.41, 5.74) is 4.95. The number of aryl methyl sites for hydroxylation is 3. The van der Waals surface area contributed by atoms with E-state index in [9.17, 15) is 4.79 Å². The molecule has 1 saturated carbocycles. The van der Waals surface area contributed by atoms with Crippen molar-refractivity contribution in [2.75, 3.05) is 11.9 Å². The Morgan fingerprint density at radius 3 is 2.34 bits per heavy atom. The van der Waals surface area contributed by atoms with Gasteiger partial charge in [0.05, 0.1) is 12.0 Å². The lowest BCUT2D eigenvalue weighted by molar-refractivity contribution is -0.122. The van der Waals surface area contributed by atoms with Crippen LogP contribution in [0, 0.1) is 20.8 Å². The molecule has 1 N–H and O–H groups in total. The molecular weight excluding hydrogens is 358 g/mol. The van der Waals surface area contributed by atoms with Gasteiger partial charge in [-0.15, -0.1) is 0 Å². The van der Waals surface area contributed by atoms with Gasteiger partial charge in [0, 0.05) is 5.69 Å². The Kier molecular flexibility index (Phi) is 7.00. The Bertz CT molecular complexity index is 827. The Labute approximate surface area is 175 Å². The third kappa shape index (κ3) is 4.83. The lowest BCUT2D eigenvalue weighted by Crippen LogP contribution is -2.42. The summed E-state index contributed by atoms with van der Waals surface area (Å²) in [6, 6.07) is 12.6. The van der Waals surface area contributed by atoms with E-state index in [4.69, 9.17) is 4.74 Å². The molecule has 3 heteroatoms. The van der Waals surface area contributed by atoms with Crippen LogP contribution in [0.5, 0.6) is 5.75 Å². The lowest BCUT2D eigenvalue weighted by Gasteiger charge is -2.36. The molecule has 0 aliphatic heterocycles. The highest BCUT2D eigenvalue weighted by atomic mass is 16.5. The molecular formula is C26H35NO2. The molecule has 0 atom stereocenters. The van der Waals surface area contributed by atoms with Gasteiger partial charge < -0.3 is 10.1 Å². The number of ether oxygens (including phenoxy) is 1. The molecule has 0 radical (unpaired) electrons. The zero-order valence-corrected chi connectivity index (χ0v) is 18.4. The Morgan fingerprint density at radius 1 is 1.03 bits per heavy atom. The Morgan fingerprint density at radius 2 is 1.72 bits per heavy atom. The van der Waals surface area contributed by atoms with Gasteiger partial charge in [0.2, 0.25) is 5.91 Å². The van der Waals surface area contributed by atoms with Gasteiger partial charge in [-0.3, -0.25) is 4.79 Å². The quantitative estimate of drug-likeness (QED) is 0.536. The van der Waals surface area contributed by atoms with Crippen molar-refractivity contribution in [1.29, 1.82) is 0 Å². The highest BCUT2D eigenvalue weighted by Crippen LogP contribution is 2.41. The summed E-state index contributed by atoms with van der Waals surface area (Å²) in [4.78, 5) is 13.6. The highest BCUT2D eigenvalue weighted by molar-refractivity contribution is 5.99. The molecule has 1 aliphatic carbocycles. The van der Waals surface area contributed by atoms with Crippen molar-refractivity contribution in [2.24, 2.45) is 0 Å². The Hall–Kier alpha value is -2.29. The highest BCUT2D eigenvalue weighted by Gasteiger charge is 2.41. The van der Waals surface area contributed by atoms with E-state index in [1.165, 1.54) is 12.0 Å². The molecule has 29 heavy (non-hydrogen) atoms. The zero-order chi connectivity index (χ0) is 20.9. The van der Waals surface area contributed by atoms with Crippen LogP contribution >= 0.6 is 0 Å². The smallest absolute Gasteiger partial charge is 0.235 e. The third-order valence-electron chi connectivity index (χ3n) is 6.17. The molecule has 0 aromatic heterocycles. The van der Waals surface area contributed by atoms with Gasteiger partial charge in [-0.05, 0) is 68.9 Å². The van der Waals surface area contributed by atoms with E-state index in [1.807, 2.05) is 12.1 Å². The second kappa shape index (κ2) is 9.47. The van der Waals surface area contributed by atoms with Crippen molar-refractivity contribution < 1.29 is 9.53 Å². The van der Waals surface area contributed by atoms with E-state index >= 15 is 0 Å². The van der Waals surface area contributed by atoms with Crippen molar-refractivity contribution in [1.82, 2.24) is 0 Å². The third-order valence-corrected chi connectivity index (χ3v) is 6.17. The van der Waals surface area contributed by atoms with Crippen LogP contribution < -0.4 is 10.1 Å². The molecule has 3 nitrogen and oxygen atoms in total. The fourth-order valence-electron chi connectivity index (χ4n) is 4.56. The molecule has 0 unspecified atom stereocenters. The van der Waals surface area contributed by atoms with Gasteiger partial charge >= 0.3 is 0 Å². The summed E-state index contributed by atoms with van der Waals surface area (Å²) in [6.45, 7) is 9.11. The second-order valence-corrected chi connectivity index (χ2v) is 8.61. The van der Waals surface area contributed by atoms with Crippen LogP contribution in [-0.4, -0.2) is 12.5 Å². The maximum Gasteiger partial charge on any atom is 0.235 e. The number of benzene rings is 2. The van der Waals surface area contributed by atoms with E-state index in [0.29, 0.717) is 0 Å². The van der Waals surface area contributed by atoms with Gasteiger partial charge in [0.1, 0.15) is 5.75 Å². The number of carbonyl (C=O) groups is 1. The standard InChI is InChI=1S/C26H35NO2/c1-5-6-15-29-24-20(3)17-23(18-21(24)4)27-25(28)26(13-8-7-9-14-26)22-12-10-11-19(2)16-22/h10-12,16-18H,5-9,13-15H2,1-4H3,(H,27,28). The molecule has 156 valence electrons. The normalized spacial score (nSPS) is 15.7. The first kappa shape index (κ1) is 21.4. The summed E-state index contributed by atoms with van der Waals surface area (Å²) in [7, 11) is 0. The summed E-state index contributed by atoms with van der Waals surface area (Å²) < 4.78 is 5.97. The molecule has 0 heterocycles. The van der Waals surface area contributed by atoms with Crippen LogP contribution in [0.2, 0.25) is 0 Å². The van der Waals surface area contributed by atoms with Crippen molar-refractivity contribution in [2.45, 2.75) is 78.1 Å². The summed E-state index contributed by atoms with van der Waals surface area (Å²) in [5, 5.41) is 3.25. The maximum atomic E-state index is 13.6. The summed E-state index contributed by atoms with van der Waals surface area (Å²) >= 11 is 0. The number of anilines is 1. The minimum atomic E-state index is -0.428. The van der Waals surface area contributed by atoms with Crippen LogP contribution in [0.15, 0.2) is 36.4 Å². The van der Waals surface area contributed by atoms with Crippen LogP contribution in [-0.2, 0) is 10.2 Å². The van der Waals surface area contributed by atoms with Gasteiger partial charge in [0.15, 0.2) is 0 Å². The molecule has 3 rings (SSSR count). The first-order valence-corrected chi connectivity index (χ1v) is 11.1. The average molecular weight is 394 g/mol. The maximum absolute atomic E-state index is 13.6. The van der Waals surface area contributed by atoms with Crippen LogP contribution in [0.4, 0.5) is 5.69 Å². The number of hydrogen-bond donors (Lipinski definition) is 1. The largest absolute Gasteiger partial charge is 0.493 e. The van der Waals surface area contributed by atoms with E-state index in [0.717, 1.165) is 73.3 Å². The first-order chi connectivity index (χ1) is 14.0. The van der Waals surface area contributed by atoms with E-state index in [2.05, 4.69) is 57.3 Å². The monoisotopic (exact) mass is 393 g/mol. The van der Waals surface area contributed by atoms with Crippen LogP contribution in [0.25, 0.3) is 0 Å². The molecule has 2 aromatic carbocycles. The molecule has 0 saturated heterocycles. The van der Waals surface area contributed by atoms with E-state index < -0.39 is 5.41 Å². The zero-order valence-electron chi connectivity index (χ0n) is 18.4. The minimum absolute atomic E-state index is 0.126. The van der Waals surface area contributed by atoms with Gasteiger partial charge in [-0.25, -0.2) is 0 Å². The second-order valence-electron chi connectivity index (χ2n) is 8.61. The predicted molar refractivity (Wildman–Crippen MR) is 121 cm³/mol. The van der Waals surface area contributed by atoms with Crippen molar-refractivity contribution in [3.8, 4) is 5.75 Å². The Balaban J connectivity index is 1.85. The number of nitrogens with one attached hydrogen (secondary N) is 1. The van der Waals surface area contributed by atoms with E-state index in [1.54, 1.807) is 0 Å². The molecule has 1 fully saturated rings. The number of hydrogen-bond acceptors (Lipinski definition) is 2. The van der Waals surface area contributed by atoms with Gasteiger partial charge in [-0.1, -0.05) is 62.4 Å². The topological polar surface area (TPSA) is 38.3 Å². The number of unbranched alkanes of at least 4 members (excludes halogenated alkanes) is 1. The number of amides is 1. The number of rotatable bonds is 7. The van der Waals surface area contributed by atoms with Crippen molar-refractivity contribution in [3.05, 3.63) is 58.7 Å². The van der Waals surface area contributed by atoms with Gasteiger partial charge in [0.25, 0.3) is 0 Å². The van der Waals surface area contributed by atoms with E-state index in [-0.39, 0.29) is 5.91 Å².